The molecule has 2 heterocycles. The van der Waals surface area contributed by atoms with Gasteiger partial charge >= 0.3 is 0 Å². The molecule has 6 heteroatoms. The van der Waals surface area contributed by atoms with Crippen LogP contribution in [0.15, 0.2) is 41.5 Å². The van der Waals surface area contributed by atoms with Gasteiger partial charge in [-0.1, -0.05) is 6.07 Å². The van der Waals surface area contributed by atoms with E-state index >= 15 is 0 Å². The summed E-state index contributed by atoms with van der Waals surface area (Å²) >= 11 is 3.28. The number of halogens is 1. The fourth-order valence-corrected chi connectivity index (χ4v) is 3.05. The van der Waals surface area contributed by atoms with E-state index in [1.54, 1.807) is 18.3 Å². The number of amides is 1. The van der Waals surface area contributed by atoms with Crippen molar-refractivity contribution < 1.29 is 4.79 Å². The van der Waals surface area contributed by atoms with Crippen molar-refractivity contribution in [2.75, 3.05) is 0 Å². The molecule has 0 radical (unpaired) electrons. The third-order valence-corrected chi connectivity index (χ3v) is 4.09. The maximum Gasteiger partial charge on any atom is 0.270 e. The quantitative estimate of drug-likeness (QED) is 0.877. The summed E-state index contributed by atoms with van der Waals surface area (Å²) in [6, 6.07) is 5.77. The van der Waals surface area contributed by atoms with E-state index in [1.165, 1.54) is 0 Å². The first-order valence-corrected chi connectivity index (χ1v) is 7.44. The Balaban J connectivity index is 1.72. The number of hydrogen-bond acceptors (Lipinski definition) is 3. The van der Waals surface area contributed by atoms with E-state index in [9.17, 15) is 4.79 Å². The number of imidazole rings is 1. The summed E-state index contributed by atoms with van der Waals surface area (Å²) in [5.41, 5.74) is 0.440. The third-order valence-electron chi connectivity index (χ3n) is 3.65. The minimum atomic E-state index is -0.122. The fourth-order valence-electron chi connectivity index (χ4n) is 2.71. The highest BCUT2D eigenvalue weighted by Crippen LogP contribution is 2.30. The maximum absolute atomic E-state index is 12.2. The summed E-state index contributed by atoms with van der Waals surface area (Å²) in [6.45, 7) is 0. The normalized spacial score (nSPS) is 21.9. The average molecular weight is 335 g/mol. The van der Waals surface area contributed by atoms with Gasteiger partial charge in [-0.2, -0.15) is 0 Å². The van der Waals surface area contributed by atoms with Crippen LogP contribution >= 0.6 is 15.9 Å². The van der Waals surface area contributed by atoms with Crippen LogP contribution in [0.5, 0.6) is 0 Å². The van der Waals surface area contributed by atoms with Crippen LogP contribution in [0.25, 0.3) is 0 Å². The van der Waals surface area contributed by atoms with E-state index in [-0.39, 0.29) is 18.0 Å². The van der Waals surface area contributed by atoms with Crippen LogP contribution < -0.4 is 5.32 Å². The monoisotopic (exact) mass is 334 g/mol. The molecule has 1 fully saturated rings. The Morgan fingerprint density at radius 2 is 2.30 bits per heavy atom. The lowest BCUT2D eigenvalue weighted by Gasteiger charge is -2.22. The van der Waals surface area contributed by atoms with Crippen LogP contribution in [0, 0.1) is 0 Å². The lowest BCUT2D eigenvalue weighted by atomic mass is 10.1. The number of carbonyl (C=O) groups excluding carboxylic acids is 1. The molecule has 1 N–H and O–H groups in total. The van der Waals surface area contributed by atoms with E-state index in [0.29, 0.717) is 10.3 Å². The molecule has 5 nitrogen and oxygen atoms in total. The van der Waals surface area contributed by atoms with Crippen LogP contribution in [-0.2, 0) is 0 Å². The molecule has 104 valence electrons. The summed E-state index contributed by atoms with van der Waals surface area (Å²) in [4.78, 5) is 20.5. The number of aromatic nitrogens is 3. The van der Waals surface area contributed by atoms with Gasteiger partial charge < -0.3 is 9.88 Å². The second kappa shape index (κ2) is 5.75. The zero-order valence-electron chi connectivity index (χ0n) is 10.9. The second-order valence-corrected chi connectivity index (χ2v) is 5.75. The van der Waals surface area contributed by atoms with E-state index in [4.69, 9.17) is 0 Å². The Kier molecular flexibility index (Phi) is 3.82. The molecule has 0 aliphatic heterocycles. The molecule has 2 atom stereocenters. The topological polar surface area (TPSA) is 59.8 Å². The summed E-state index contributed by atoms with van der Waals surface area (Å²) in [5.74, 6) is -0.122. The van der Waals surface area contributed by atoms with Crippen molar-refractivity contribution in [2.24, 2.45) is 0 Å². The molecule has 0 bridgehead atoms. The first kappa shape index (κ1) is 13.3. The predicted octanol–water partition coefficient (Wildman–Crippen LogP) is 2.56. The maximum atomic E-state index is 12.2. The van der Waals surface area contributed by atoms with Crippen LogP contribution in [0.3, 0.4) is 0 Å². The van der Waals surface area contributed by atoms with Gasteiger partial charge in [0.05, 0.1) is 12.4 Å². The van der Waals surface area contributed by atoms with Crippen molar-refractivity contribution in [3.8, 4) is 0 Å². The average Bonchev–Trinajstić information content (AvgIpc) is 3.08. The van der Waals surface area contributed by atoms with Crippen molar-refractivity contribution >= 4 is 21.8 Å². The van der Waals surface area contributed by atoms with Gasteiger partial charge in [0, 0.05) is 18.4 Å². The largest absolute Gasteiger partial charge is 0.346 e. The minimum Gasteiger partial charge on any atom is -0.346 e. The van der Waals surface area contributed by atoms with Crippen LogP contribution in [0.1, 0.15) is 35.8 Å². The Bertz CT molecular complexity index is 599. The van der Waals surface area contributed by atoms with Crippen molar-refractivity contribution in [1.82, 2.24) is 19.9 Å². The Morgan fingerprint density at radius 3 is 3.05 bits per heavy atom. The van der Waals surface area contributed by atoms with E-state index in [0.717, 1.165) is 19.3 Å². The molecule has 1 saturated carbocycles. The molecule has 1 amide bonds. The van der Waals surface area contributed by atoms with Gasteiger partial charge in [-0.25, -0.2) is 9.97 Å². The number of rotatable bonds is 3. The van der Waals surface area contributed by atoms with E-state index in [1.807, 2.05) is 18.6 Å². The zero-order chi connectivity index (χ0) is 13.9. The van der Waals surface area contributed by atoms with Crippen molar-refractivity contribution in [2.45, 2.75) is 31.3 Å². The van der Waals surface area contributed by atoms with Crippen molar-refractivity contribution in [3.63, 3.8) is 0 Å². The number of hydrogen-bond donors (Lipinski definition) is 1. The van der Waals surface area contributed by atoms with E-state index in [2.05, 4.69) is 35.8 Å². The SMILES string of the molecule is O=C(NC1CCCC1n1ccnc1)c1cccc(Br)n1. The number of nitrogens with zero attached hydrogens (tertiary/aromatic N) is 3. The molecular weight excluding hydrogens is 320 g/mol. The lowest BCUT2D eigenvalue weighted by Crippen LogP contribution is -2.38. The molecule has 3 rings (SSSR count). The molecule has 20 heavy (non-hydrogen) atoms. The Labute approximate surface area is 125 Å². The predicted molar refractivity (Wildman–Crippen MR) is 78.3 cm³/mol. The summed E-state index contributed by atoms with van der Waals surface area (Å²) in [7, 11) is 0. The van der Waals surface area contributed by atoms with Gasteiger partial charge in [-0.3, -0.25) is 4.79 Å². The molecule has 2 aromatic heterocycles. The highest BCUT2D eigenvalue weighted by Gasteiger charge is 2.30. The minimum absolute atomic E-state index is 0.122. The number of pyridine rings is 1. The van der Waals surface area contributed by atoms with Crippen LogP contribution in [0.4, 0.5) is 0 Å². The molecule has 1 aliphatic rings. The summed E-state index contributed by atoms with van der Waals surface area (Å²) in [6.07, 6.45) is 8.70. The van der Waals surface area contributed by atoms with Crippen LogP contribution in [0.2, 0.25) is 0 Å². The first-order chi connectivity index (χ1) is 9.74. The van der Waals surface area contributed by atoms with Gasteiger partial charge in [0.25, 0.3) is 5.91 Å². The van der Waals surface area contributed by atoms with E-state index < -0.39 is 0 Å². The Morgan fingerprint density at radius 1 is 1.40 bits per heavy atom. The summed E-state index contributed by atoms with van der Waals surface area (Å²) in [5, 5.41) is 3.09. The van der Waals surface area contributed by atoms with Gasteiger partial charge in [-0.15, -0.1) is 0 Å². The van der Waals surface area contributed by atoms with Crippen molar-refractivity contribution in [1.29, 1.82) is 0 Å². The zero-order valence-corrected chi connectivity index (χ0v) is 12.5. The van der Waals surface area contributed by atoms with Crippen LogP contribution in [-0.4, -0.2) is 26.5 Å². The van der Waals surface area contributed by atoms with Gasteiger partial charge in [0.1, 0.15) is 10.3 Å². The highest BCUT2D eigenvalue weighted by molar-refractivity contribution is 9.10. The standard InChI is InChI=1S/C14H15BrN4O/c15-13-6-2-4-11(17-13)14(20)18-10-3-1-5-12(10)19-8-7-16-9-19/h2,4,6-10,12H,1,3,5H2,(H,18,20). The smallest absolute Gasteiger partial charge is 0.270 e. The van der Waals surface area contributed by atoms with Gasteiger partial charge in [0.2, 0.25) is 0 Å². The van der Waals surface area contributed by atoms with Gasteiger partial charge in [0.15, 0.2) is 0 Å². The lowest BCUT2D eigenvalue weighted by molar-refractivity contribution is 0.0923. The first-order valence-electron chi connectivity index (χ1n) is 6.65. The summed E-state index contributed by atoms with van der Waals surface area (Å²) < 4.78 is 2.74. The molecule has 0 spiro atoms. The van der Waals surface area contributed by atoms with Crippen molar-refractivity contribution in [3.05, 3.63) is 47.2 Å². The third kappa shape index (κ3) is 2.75. The molecule has 1 aliphatic carbocycles. The fraction of sp³-hybridized carbons (Fsp3) is 0.357. The molecular formula is C14H15BrN4O. The number of nitrogens with one attached hydrogen (secondary N) is 1. The van der Waals surface area contributed by atoms with Gasteiger partial charge in [-0.05, 0) is 47.3 Å². The highest BCUT2D eigenvalue weighted by atomic mass is 79.9. The molecule has 0 aromatic carbocycles. The second-order valence-electron chi connectivity index (χ2n) is 4.93. The Hall–Kier alpha value is -1.69. The molecule has 0 saturated heterocycles. The number of carbonyl (C=O) groups is 1. The molecule has 2 aromatic rings. The molecule has 2 unspecified atom stereocenters.